The van der Waals surface area contributed by atoms with Crippen LogP contribution in [0.2, 0.25) is 0 Å². The zero-order chi connectivity index (χ0) is 6.81. The van der Waals surface area contributed by atoms with Gasteiger partial charge in [-0.15, -0.1) is 0 Å². The molecule has 0 fully saturated rings. The number of fused-ring (bicyclic) bond motifs is 1. The minimum Gasteiger partial charge on any atom is -0.0974 e. The maximum atomic E-state index is 3.20. The fourth-order valence-corrected chi connectivity index (χ4v) is 1.79. The van der Waals surface area contributed by atoms with Gasteiger partial charge in [0.15, 0.2) is 0 Å². The monoisotopic (exact) mass is 147 g/mol. The SMILES string of the molecule is [c]1cccc2c1SC=CC2. The van der Waals surface area contributed by atoms with Crippen molar-refractivity contribution in [2.24, 2.45) is 0 Å². The molecule has 0 nitrogen and oxygen atoms in total. The maximum Gasteiger partial charge on any atom is 0.0230 e. The molecule has 0 N–H and O–H groups in total. The molecular weight excluding hydrogens is 140 g/mol. The molecule has 1 aliphatic heterocycles. The average molecular weight is 147 g/mol. The molecule has 0 atom stereocenters. The van der Waals surface area contributed by atoms with E-state index < -0.39 is 0 Å². The van der Waals surface area contributed by atoms with Gasteiger partial charge in [-0.1, -0.05) is 36.0 Å². The van der Waals surface area contributed by atoms with E-state index in [1.807, 2.05) is 12.1 Å². The first-order chi connectivity index (χ1) is 4.97. The summed E-state index contributed by atoms with van der Waals surface area (Å²) in [6.07, 6.45) is 3.25. The third kappa shape index (κ3) is 0.971. The lowest BCUT2D eigenvalue weighted by Crippen LogP contribution is -1.87. The Bertz CT molecular complexity index is 236. The number of rotatable bonds is 0. The summed E-state index contributed by atoms with van der Waals surface area (Å²) in [5, 5.41) is 2.12. The Labute approximate surface area is 65.0 Å². The first-order valence-electron chi connectivity index (χ1n) is 3.28. The van der Waals surface area contributed by atoms with E-state index in [-0.39, 0.29) is 0 Å². The summed E-state index contributed by atoms with van der Waals surface area (Å²) in [6, 6.07) is 9.36. The molecule has 0 unspecified atom stereocenters. The Morgan fingerprint density at radius 2 is 2.50 bits per heavy atom. The van der Waals surface area contributed by atoms with Gasteiger partial charge >= 0.3 is 0 Å². The number of hydrogen-bond acceptors (Lipinski definition) is 1. The molecule has 0 saturated carbocycles. The molecule has 1 aromatic carbocycles. The summed E-state index contributed by atoms with van der Waals surface area (Å²) in [5.41, 5.74) is 1.40. The quantitative estimate of drug-likeness (QED) is 0.543. The van der Waals surface area contributed by atoms with E-state index in [4.69, 9.17) is 0 Å². The summed E-state index contributed by atoms with van der Waals surface area (Å²) < 4.78 is 0. The highest BCUT2D eigenvalue weighted by molar-refractivity contribution is 8.02. The lowest BCUT2D eigenvalue weighted by Gasteiger charge is -2.07. The Hall–Kier alpha value is -0.690. The van der Waals surface area contributed by atoms with Gasteiger partial charge in [-0.05, 0) is 23.5 Å². The molecule has 1 radical (unpaired) electrons. The number of benzene rings is 1. The summed E-state index contributed by atoms with van der Waals surface area (Å²) in [4.78, 5) is 1.28. The molecule has 0 aromatic heterocycles. The van der Waals surface area contributed by atoms with E-state index in [2.05, 4.69) is 23.6 Å². The lowest BCUT2D eigenvalue weighted by molar-refractivity contribution is 1.17. The van der Waals surface area contributed by atoms with Crippen LogP contribution < -0.4 is 0 Å². The van der Waals surface area contributed by atoms with Crippen LogP contribution in [0, 0.1) is 6.07 Å². The van der Waals surface area contributed by atoms with Crippen molar-refractivity contribution in [2.45, 2.75) is 11.3 Å². The fourth-order valence-electron chi connectivity index (χ4n) is 1.02. The predicted molar refractivity (Wildman–Crippen MR) is 44.0 cm³/mol. The molecule has 0 saturated heterocycles. The van der Waals surface area contributed by atoms with Crippen molar-refractivity contribution in [3.05, 3.63) is 41.3 Å². The molecule has 0 amide bonds. The van der Waals surface area contributed by atoms with Crippen LogP contribution in [0.3, 0.4) is 0 Å². The highest BCUT2D eigenvalue weighted by Gasteiger charge is 2.02. The van der Waals surface area contributed by atoms with Gasteiger partial charge < -0.3 is 0 Å². The van der Waals surface area contributed by atoms with Crippen molar-refractivity contribution in [3.8, 4) is 0 Å². The second kappa shape index (κ2) is 2.51. The highest BCUT2D eigenvalue weighted by atomic mass is 32.2. The molecule has 0 bridgehead atoms. The molecular formula is C9H7S. The fraction of sp³-hybridized carbons (Fsp3) is 0.111. The van der Waals surface area contributed by atoms with Crippen LogP contribution in [0.1, 0.15) is 5.56 Å². The van der Waals surface area contributed by atoms with Gasteiger partial charge in [-0.3, -0.25) is 0 Å². The van der Waals surface area contributed by atoms with E-state index in [0.717, 1.165) is 6.42 Å². The van der Waals surface area contributed by atoms with Crippen LogP contribution in [-0.4, -0.2) is 0 Å². The van der Waals surface area contributed by atoms with Crippen molar-refractivity contribution >= 4 is 11.8 Å². The topological polar surface area (TPSA) is 0 Å². The maximum absolute atomic E-state index is 3.20. The molecule has 0 spiro atoms. The van der Waals surface area contributed by atoms with Crippen LogP contribution >= 0.6 is 11.8 Å². The number of hydrogen-bond donors (Lipinski definition) is 0. The van der Waals surface area contributed by atoms with Crippen LogP contribution in [0.5, 0.6) is 0 Å². The molecule has 2 rings (SSSR count). The average Bonchev–Trinajstić information content (AvgIpc) is 2.05. The smallest absolute Gasteiger partial charge is 0.0230 e. The molecule has 49 valence electrons. The Balaban J connectivity index is 2.47. The molecule has 1 aliphatic rings. The highest BCUT2D eigenvalue weighted by Crippen LogP contribution is 2.27. The standard InChI is InChI=1S/C9H7S/c1-2-6-9-8(4-1)5-3-7-10-9/h1-4,7H,5H2. The first-order valence-corrected chi connectivity index (χ1v) is 4.16. The van der Waals surface area contributed by atoms with E-state index in [9.17, 15) is 0 Å². The van der Waals surface area contributed by atoms with Gasteiger partial charge in [-0.2, -0.15) is 0 Å². The van der Waals surface area contributed by atoms with Crippen molar-refractivity contribution < 1.29 is 0 Å². The Kier molecular flexibility index (Phi) is 1.52. The van der Waals surface area contributed by atoms with Gasteiger partial charge in [0.05, 0.1) is 0 Å². The van der Waals surface area contributed by atoms with Gasteiger partial charge in [0.1, 0.15) is 0 Å². The summed E-state index contributed by atoms with van der Waals surface area (Å²) in [5.74, 6) is 0. The van der Waals surface area contributed by atoms with Crippen molar-refractivity contribution in [1.29, 1.82) is 0 Å². The summed E-state index contributed by atoms with van der Waals surface area (Å²) in [7, 11) is 0. The normalized spacial score (nSPS) is 14.8. The van der Waals surface area contributed by atoms with Crippen LogP contribution in [0.4, 0.5) is 0 Å². The zero-order valence-corrected chi connectivity index (χ0v) is 6.32. The third-order valence-electron chi connectivity index (χ3n) is 1.52. The largest absolute Gasteiger partial charge is 0.0974 e. The van der Waals surface area contributed by atoms with Gasteiger partial charge in [0.2, 0.25) is 0 Å². The van der Waals surface area contributed by atoms with Gasteiger partial charge in [0, 0.05) is 4.90 Å². The van der Waals surface area contributed by atoms with Crippen LogP contribution in [-0.2, 0) is 6.42 Å². The van der Waals surface area contributed by atoms with Crippen molar-refractivity contribution in [1.82, 2.24) is 0 Å². The Morgan fingerprint density at radius 3 is 3.40 bits per heavy atom. The minimum atomic E-state index is 1.07. The van der Waals surface area contributed by atoms with Crippen LogP contribution in [0.25, 0.3) is 0 Å². The van der Waals surface area contributed by atoms with E-state index in [1.54, 1.807) is 11.8 Å². The van der Waals surface area contributed by atoms with E-state index >= 15 is 0 Å². The number of allylic oxidation sites excluding steroid dienone is 1. The second-order valence-corrected chi connectivity index (χ2v) is 3.13. The zero-order valence-electron chi connectivity index (χ0n) is 5.50. The van der Waals surface area contributed by atoms with Gasteiger partial charge in [0.25, 0.3) is 0 Å². The summed E-state index contributed by atoms with van der Waals surface area (Å²) >= 11 is 1.75. The first kappa shape index (κ1) is 6.05. The third-order valence-corrected chi connectivity index (χ3v) is 2.46. The molecule has 10 heavy (non-hydrogen) atoms. The molecule has 1 aromatic rings. The van der Waals surface area contributed by atoms with Gasteiger partial charge in [-0.25, -0.2) is 0 Å². The van der Waals surface area contributed by atoms with Crippen molar-refractivity contribution in [2.75, 3.05) is 0 Å². The van der Waals surface area contributed by atoms with E-state index in [0.29, 0.717) is 0 Å². The summed E-state index contributed by atoms with van der Waals surface area (Å²) in [6.45, 7) is 0. The second-order valence-electron chi connectivity index (χ2n) is 2.22. The molecule has 1 heterocycles. The lowest BCUT2D eigenvalue weighted by atomic mass is 10.1. The van der Waals surface area contributed by atoms with Crippen molar-refractivity contribution in [3.63, 3.8) is 0 Å². The van der Waals surface area contributed by atoms with E-state index in [1.165, 1.54) is 10.5 Å². The predicted octanol–water partition coefficient (Wildman–Crippen LogP) is 2.65. The molecule has 0 aliphatic carbocycles. The Morgan fingerprint density at radius 1 is 1.50 bits per heavy atom. The number of thioether (sulfide) groups is 1. The van der Waals surface area contributed by atoms with Crippen LogP contribution in [0.15, 0.2) is 34.6 Å². The molecule has 1 heteroatoms. The minimum absolute atomic E-state index is 1.07.